The molecule has 1 aliphatic heterocycles. The summed E-state index contributed by atoms with van der Waals surface area (Å²) < 4.78 is 11.3. The van der Waals surface area contributed by atoms with Gasteiger partial charge in [-0.3, -0.25) is 9.59 Å². The van der Waals surface area contributed by atoms with Crippen LogP contribution in [0.5, 0.6) is 5.75 Å². The van der Waals surface area contributed by atoms with Crippen molar-refractivity contribution in [1.82, 2.24) is 5.01 Å². The molecule has 2 amide bonds. The summed E-state index contributed by atoms with van der Waals surface area (Å²) in [6, 6.07) is 18.3. The Balaban J connectivity index is 1.54. The fourth-order valence-electron chi connectivity index (χ4n) is 3.45. The average Bonchev–Trinajstić information content (AvgIpc) is 3.43. The Kier molecular flexibility index (Phi) is 5.84. The first-order chi connectivity index (χ1) is 15.0. The van der Waals surface area contributed by atoms with Gasteiger partial charge in [-0.1, -0.05) is 42.0 Å². The third kappa shape index (κ3) is 4.66. The first-order valence-electron chi connectivity index (χ1n) is 10.0. The minimum atomic E-state index is -0.340. The molecule has 0 radical (unpaired) electrons. The monoisotopic (exact) mass is 417 g/mol. The first kappa shape index (κ1) is 20.4. The lowest BCUT2D eigenvalue weighted by Crippen LogP contribution is -2.31. The number of furan rings is 1. The molecule has 1 aliphatic rings. The smallest absolute Gasteiger partial charge is 0.281 e. The van der Waals surface area contributed by atoms with Crippen LogP contribution in [0.4, 0.5) is 5.69 Å². The maximum atomic E-state index is 13.1. The molecule has 3 aromatic rings. The molecule has 158 valence electrons. The predicted octanol–water partition coefficient (Wildman–Crippen LogP) is 4.30. The van der Waals surface area contributed by atoms with Crippen molar-refractivity contribution in [2.75, 3.05) is 11.9 Å². The van der Waals surface area contributed by atoms with Gasteiger partial charge >= 0.3 is 0 Å². The minimum Gasteiger partial charge on any atom is -0.482 e. The summed E-state index contributed by atoms with van der Waals surface area (Å²) in [5, 5.41) is 8.72. The van der Waals surface area contributed by atoms with Gasteiger partial charge in [-0.15, -0.1) is 0 Å². The highest BCUT2D eigenvalue weighted by Gasteiger charge is 2.35. The summed E-state index contributed by atoms with van der Waals surface area (Å²) in [6.45, 7) is 3.22. The molecule has 2 heterocycles. The van der Waals surface area contributed by atoms with Crippen molar-refractivity contribution in [3.05, 3.63) is 83.8 Å². The number of benzene rings is 2. The van der Waals surface area contributed by atoms with E-state index in [0.29, 0.717) is 23.6 Å². The van der Waals surface area contributed by atoms with Crippen molar-refractivity contribution < 1.29 is 18.7 Å². The fraction of sp³-hybridized carbons (Fsp3) is 0.208. The number of nitrogens with one attached hydrogen (secondary N) is 1. The Labute approximate surface area is 180 Å². The highest BCUT2D eigenvalue weighted by atomic mass is 16.5. The summed E-state index contributed by atoms with van der Waals surface area (Å²) in [5.41, 5.74) is 3.45. The van der Waals surface area contributed by atoms with Crippen LogP contribution in [0, 0.1) is 6.92 Å². The molecule has 0 spiro atoms. The summed E-state index contributed by atoms with van der Waals surface area (Å²) in [4.78, 5) is 24.5. The van der Waals surface area contributed by atoms with E-state index in [-0.39, 0.29) is 24.5 Å². The number of nitrogens with zero attached hydrogens (tertiary/aromatic N) is 2. The topological polar surface area (TPSA) is 84.1 Å². The van der Waals surface area contributed by atoms with Gasteiger partial charge in [-0.2, -0.15) is 5.10 Å². The minimum absolute atomic E-state index is 0.216. The maximum absolute atomic E-state index is 13.1. The highest BCUT2D eigenvalue weighted by molar-refractivity contribution is 6.03. The second kappa shape index (κ2) is 8.87. The van der Waals surface area contributed by atoms with E-state index in [1.54, 1.807) is 36.6 Å². The normalized spacial score (nSPS) is 15.5. The summed E-state index contributed by atoms with van der Waals surface area (Å²) in [6.07, 6.45) is 2.13. The van der Waals surface area contributed by atoms with Crippen LogP contribution in [0.15, 0.2) is 76.4 Å². The van der Waals surface area contributed by atoms with Gasteiger partial charge in [0, 0.05) is 13.3 Å². The van der Waals surface area contributed by atoms with E-state index in [9.17, 15) is 9.59 Å². The third-order valence-electron chi connectivity index (χ3n) is 4.97. The number of hydrogen-bond donors (Lipinski definition) is 1. The van der Waals surface area contributed by atoms with E-state index < -0.39 is 0 Å². The molecule has 1 N–H and O–H groups in total. The molecule has 0 saturated heterocycles. The molecular formula is C24H23N3O4. The van der Waals surface area contributed by atoms with Gasteiger partial charge in [-0.05, 0) is 36.8 Å². The van der Waals surface area contributed by atoms with Crippen molar-refractivity contribution in [2.45, 2.75) is 26.3 Å². The standard InChI is InChI=1S/C24H23N3O4/c1-16-9-11-18(12-10-16)20-14-21(23-8-5-13-30-23)27(26-20)24(29)15-31-22-7-4-3-6-19(22)25-17(2)28/h3-13,21H,14-15H2,1-2H3,(H,25,28)/t21-/m0/s1. The summed E-state index contributed by atoms with van der Waals surface area (Å²) >= 11 is 0. The number of amides is 2. The fourth-order valence-corrected chi connectivity index (χ4v) is 3.45. The number of hydrogen-bond acceptors (Lipinski definition) is 5. The van der Waals surface area contributed by atoms with Crippen LogP contribution in [-0.4, -0.2) is 29.1 Å². The van der Waals surface area contributed by atoms with Gasteiger partial charge in [0.1, 0.15) is 17.6 Å². The van der Waals surface area contributed by atoms with Crippen LogP contribution in [-0.2, 0) is 9.59 Å². The van der Waals surface area contributed by atoms with Crippen LogP contribution < -0.4 is 10.1 Å². The number of aryl methyl sites for hydroxylation is 1. The van der Waals surface area contributed by atoms with Crippen molar-refractivity contribution in [1.29, 1.82) is 0 Å². The van der Waals surface area contributed by atoms with E-state index in [1.165, 1.54) is 11.9 Å². The van der Waals surface area contributed by atoms with Gasteiger partial charge in [0.05, 0.1) is 17.7 Å². The molecule has 7 heteroatoms. The van der Waals surface area contributed by atoms with Crippen LogP contribution in [0.25, 0.3) is 0 Å². The Hall–Kier alpha value is -3.87. The number of rotatable bonds is 6. The van der Waals surface area contributed by atoms with Gasteiger partial charge in [0.25, 0.3) is 5.91 Å². The molecule has 0 fully saturated rings. The van der Waals surface area contributed by atoms with Crippen molar-refractivity contribution in [3.63, 3.8) is 0 Å². The number of carbonyl (C=O) groups excluding carboxylic acids is 2. The molecule has 4 rings (SSSR count). The molecule has 2 aromatic carbocycles. The highest BCUT2D eigenvalue weighted by Crippen LogP contribution is 2.33. The Morgan fingerprint density at radius 3 is 2.61 bits per heavy atom. The van der Waals surface area contributed by atoms with Crippen LogP contribution in [0.3, 0.4) is 0 Å². The van der Waals surface area contributed by atoms with Gasteiger partial charge in [0.2, 0.25) is 5.91 Å². The number of carbonyl (C=O) groups is 2. The summed E-state index contributed by atoms with van der Waals surface area (Å²) in [5.74, 6) is 0.564. The van der Waals surface area contributed by atoms with Crippen molar-refractivity contribution in [3.8, 4) is 5.75 Å². The predicted molar refractivity (Wildman–Crippen MR) is 117 cm³/mol. The second-order valence-corrected chi connectivity index (χ2v) is 7.35. The van der Waals surface area contributed by atoms with Gasteiger partial charge in [0.15, 0.2) is 6.61 Å². The lowest BCUT2D eigenvalue weighted by Gasteiger charge is -2.20. The van der Waals surface area contributed by atoms with E-state index in [0.717, 1.165) is 16.8 Å². The van der Waals surface area contributed by atoms with Gasteiger partial charge < -0.3 is 14.5 Å². The third-order valence-corrected chi connectivity index (χ3v) is 4.97. The molecule has 0 bridgehead atoms. The van der Waals surface area contributed by atoms with E-state index >= 15 is 0 Å². The van der Waals surface area contributed by atoms with Gasteiger partial charge in [-0.25, -0.2) is 5.01 Å². The number of para-hydroxylation sites is 2. The molecule has 0 aliphatic carbocycles. The number of ether oxygens (including phenoxy) is 1. The number of anilines is 1. The van der Waals surface area contributed by atoms with Crippen LogP contribution in [0.2, 0.25) is 0 Å². The zero-order valence-electron chi connectivity index (χ0n) is 17.4. The average molecular weight is 417 g/mol. The Morgan fingerprint density at radius 1 is 1.13 bits per heavy atom. The van der Waals surface area contributed by atoms with E-state index in [1.807, 2.05) is 37.3 Å². The summed E-state index contributed by atoms with van der Waals surface area (Å²) in [7, 11) is 0. The molecular weight excluding hydrogens is 394 g/mol. The quantitative estimate of drug-likeness (QED) is 0.648. The SMILES string of the molecule is CC(=O)Nc1ccccc1OCC(=O)N1N=C(c2ccc(C)cc2)C[C@H]1c1ccco1. The molecule has 0 unspecified atom stereocenters. The Morgan fingerprint density at radius 2 is 1.90 bits per heavy atom. The van der Waals surface area contributed by atoms with Crippen LogP contribution in [0.1, 0.15) is 36.3 Å². The molecule has 31 heavy (non-hydrogen) atoms. The maximum Gasteiger partial charge on any atom is 0.281 e. The van der Waals surface area contributed by atoms with E-state index in [4.69, 9.17) is 9.15 Å². The van der Waals surface area contributed by atoms with Crippen molar-refractivity contribution >= 4 is 23.2 Å². The largest absolute Gasteiger partial charge is 0.482 e. The van der Waals surface area contributed by atoms with Crippen LogP contribution >= 0.6 is 0 Å². The lowest BCUT2D eigenvalue weighted by molar-refractivity contribution is -0.135. The Bertz CT molecular complexity index is 1100. The molecule has 1 atom stereocenters. The first-order valence-corrected chi connectivity index (χ1v) is 10.0. The lowest BCUT2D eigenvalue weighted by atomic mass is 10.0. The van der Waals surface area contributed by atoms with Crippen molar-refractivity contribution in [2.24, 2.45) is 5.10 Å². The second-order valence-electron chi connectivity index (χ2n) is 7.35. The van der Waals surface area contributed by atoms with E-state index in [2.05, 4.69) is 10.4 Å². The number of hydrazone groups is 1. The molecule has 0 saturated carbocycles. The zero-order valence-corrected chi connectivity index (χ0v) is 17.4. The zero-order chi connectivity index (χ0) is 21.8. The molecule has 7 nitrogen and oxygen atoms in total. The molecule has 1 aromatic heterocycles.